The summed E-state index contributed by atoms with van der Waals surface area (Å²) in [5, 5.41) is 4.10. The Morgan fingerprint density at radius 3 is 2.62 bits per heavy atom. The first-order chi connectivity index (χ1) is 12.3. The molecule has 2 aromatic heterocycles. The first-order valence-electron chi connectivity index (χ1n) is 8.41. The molecule has 1 aromatic carbocycles. The van der Waals surface area contributed by atoms with Gasteiger partial charge in [0.1, 0.15) is 11.5 Å². The van der Waals surface area contributed by atoms with Crippen LogP contribution in [0, 0.1) is 5.82 Å². The number of amides is 1. The maximum Gasteiger partial charge on any atom is 0.274 e. The van der Waals surface area contributed by atoms with Crippen molar-refractivity contribution >= 4 is 5.91 Å². The van der Waals surface area contributed by atoms with Gasteiger partial charge < -0.3 is 9.47 Å². The van der Waals surface area contributed by atoms with Gasteiger partial charge in [-0.2, -0.15) is 5.10 Å². The van der Waals surface area contributed by atoms with E-state index in [0.29, 0.717) is 23.4 Å². The van der Waals surface area contributed by atoms with Gasteiger partial charge in [0.05, 0.1) is 12.5 Å². The molecule has 0 fully saturated rings. The normalized spacial score (nSPS) is 11.2. The summed E-state index contributed by atoms with van der Waals surface area (Å²) in [5.41, 5.74) is 2.43. The monoisotopic (exact) mass is 355 g/mol. The first-order valence-corrected chi connectivity index (χ1v) is 8.41. The van der Waals surface area contributed by atoms with Crippen molar-refractivity contribution in [1.82, 2.24) is 24.2 Å². The topological polar surface area (TPSA) is 56.0 Å². The van der Waals surface area contributed by atoms with Crippen LogP contribution in [0.2, 0.25) is 0 Å². The number of aryl methyl sites for hydroxylation is 2. The summed E-state index contributed by atoms with van der Waals surface area (Å²) in [7, 11) is 3.61. The Morgan fingerprint density at radius 2 is 2.04 bits per heavy atom. The standard InChI is InChI=1S/C19H22FN5O/c1-13(2)25(19(26)18-11-23(3)12-21-18)9-14-5-6-17(20)16(7-14)15-8-22-24(4)10-15/h5-8,10-13H,9H2,1-4H3. The minimum Gasteiger partial charge on any atom is -0.340 e. The predicted octanol–water partition coefficient (Wildman–Crippen LogP) is 3.01. The second-order valence-electron chi connectivity index (χ2n) is 6.67. The predicted molar refractivity (Wildman–Crippen MR) is 96.8 cm³/mol. The summed E-state index contributed by atoms with van der Waals surface area (Å²) in [4.78, 5) is 18.7. The molecule has 0 aliphatic carbocycles. The van der Waals surface area contributed by atoms with E-state index in [0.717, 1.165) is 5.56 Å². The van der Waals surface area contributed by atoms with Crippen molar-refractivity contribution in [2.75, 3.05) is 0 Å². The number of imidazole rings is 1. The summed E-state index contributed by atoms with van der Waals surface area (Å²) >= 11 is 0. The van der Waals surface area contributed by atoms with Gasteiger partial charge in [0.25, 0.3) is 5.91 Å². The highest BCUT2D eigenvalue weighted by atomic mass is 19.1. The summed E-state index contributed by atoms with van der Waals surface area (Å²) < 4.78 is 17.6. The van der Waals surface area contributed by atoms with E-state index in [1.807, 2.05) is 20.9 Å². The summed E-state index contributed by atoms with van der Waals surface area (Å²) in [6.45, 7) is 4.28. The number of aromatic nitrogens is 4. The number of hydrogen-bond donors (Lipinski definition) is 0. The van der Waals surface area contributed by atoms with Crippen LogP contribution in [-0.4, -0.2) is 36.2 Å². The third kappa shape index (κ3) is 3.66. The third-order valence-corrected chi connectivity index (χ3v) is 4.21. The van der Waals surface area contributed by atoms with E-state index in [-0.39, 0.29) is 17.8 Å². The fraction of sp³-hybridized carbons (Fsp3) is 0.316. The molecule has 26 heavy (non-hydrogen) atoms. The van der Waals surface area contributed by atoms with E-state index >= 15 is 0 Å². The Labute approximate surface area is 151 Å². The Kier molecular flexibility index (Phi) is 4.88. The largest absolute Gasteiger partial charge is 0.340 e. The third-order valence-electron chi connectivity index (χ3n) is 4.21. The minimum atomic E-state index is -0.311. The van der Waals surface area contributed by atoms with E-state index in [4.69, 9.17) is 0 Å². The molecule has 0 unspecified atom stereocenters. The molecule has 6 nitrogen and oxygen atoms in total. The fourth-order valence-corrected chi connectivity index (χ4v) is 2.81. The van der Waals surface area contributed by atoms with Crippen LogP contribution >= 0.6 is 0 Å². The van der Waals surface area contributed by atoms with Crippen LogP contribution in [0.3, 0.4) is 0 Å². The highest BCUT2D eigenvalue weighted by Gasteiger charge is 2.21. The van der Waals surface area contributed by atoms with Crippen molar-refractivity contribution in [2.45, 2.75) is 26.4 Å². The van der Waals surface area contributed by atoms with Gasteiger partial charge in [0, 0.05) is 50.2 Å². The number of halogens is 1. The number of hydrogen-bond acceptors (Lipinski definition) is 3. The highest BCUT2D eigenvalue weighted by Crippen LogP contribution is 2.24. The second kappa shape index (κ2) is 7.11. The minimum absolute atomic E-state index is 0.0172. The lowest BCUT2D eigenvalue weighted by atomic mass is 10.0. The van der Waals surface area contributed by atoms with Gasteiger partial charge in [-0.25, -0.2) is 9.37 Å². The van der Waals surface area contributed by atoms with Gasteiger partial charge in [-0.15, -0.1) is 0 Å². The average Bonchev–Trinajstić information content (AvgIpc) is 3.21. The lowest BCUT2D eigenvalue weighted by Gasteiger charge is -2.26. The Balaban J connectivity index is 1.89. The molecule has 2 heterocycles. The Hall–Kier alpha value is -2.96. The van der Waals surface area contributed by atoms with Crippen LogP contribution in [0.5, 0.6) is 0 Å². The van der Waals surface area contributed by atoms with Crippen molar-refractivity contribution in [1.29, 1.82) is 0 Å². The maximum atomic E-state index is 14.3. The molecule has 0 aliphatic heterocycles. The first kappa shape index (κ1) is 17.8. The molecule has 3 rings (SSSR count). The molecule has 0 N–H and O–H groups in total. The quantitative estimate of drug-likeness (QED) is 0.707. The summed E-state index contributed by atoms with van der Waals surface area (Å²) in [6.07, 6.45) is 6.69. The fourth-order valence-electron chi connectivity index (χ4n) is 2.81. The van der Waals surface area contributed by atoms with E-state index in [1.165, 1.54) is 6.07 Å². The molecule has 0 bridgehead atoms. The molecule has 0 spiro atoms. The summed E-state index contributed by atoms with van der Waals surface area (Å²) in [5.74, 6) is -0.457. The van der Waals surface area contributed by atoms with Gasteiger partial charge in [-0.05, 0) is 31.5 Å². The molecule has 0 aliphatic rings. The molecule has 136 valence electrons. The molecule has 7 heteroatoms. The number of nitrogens with zero attached hydrogens (tertiary/aromatic N) is 5. The average molecular weight is 355 g/mol. The molecule has 0 saturated carbocycles. The number of benzene rings is 1. The van der Waals surface area contributed by atoms with E-state index in [9.17, 15) is 9.18 Å². The van der Waals surface area contributed by atoms with E-state index < -0.39 is 0 Å². The number of carbonyl (C=O) groups excluding carboxylic acids is 1. The number of rotatable bonds is 5. The number of carbonyl (C=O) groups is 1. The van der Waals surface area contributed by atoms with Gasteiger partial charge in [-0.3, -0.25) is 9.48 Å². The molecule has 1 amide bonds. The van der Waals surface area contributed by atoms with Gasteiger partial charge in [-0.1, -0.05) is 6.07 Å². The van der Waals surface area contributed by atoms with Crippen molar-refractivity contribution < 1.29 is 9.18 Å². The zero-order chi connectivity index (χ0) is 18.8. The molecular weight excluding hydrogens is 333 g/mol. The Bertz CT molecular complexity index is 928. The van der Waals surface area contributed by atoms with Crippen molar-refractivity contribution in [2.24, 2.45) is 14.1 Å². The van der Waals surface area contributed by atoms with Crippen LogP contribution in [0.1, 0.15) is 29.9 Å². The molecule has 0 saturated heterocycles. The molecular formula is C19H22FN5O. The van der Waals surface area contributed by atoms with Crippen molar-refractivity contribution in [3.63, 3.8) is 0 Å². The van der Waals surface area contributed by atoms with Gasteiger partial charge in [0.2, 0.25) is 0 Å². The highest BCUT2D eigenvalue weighted by molar-refractivity contribution is 5.92. The van der Waals surface area contributed by atoms with Crippen molar-refractivity contribution in [3.05, 3.63) is 60.2 Å². The molecule has 0 atom stereocenters. The summed E-state index contributed by atoms with van der Waals surface area (Å²) in [6, 6.07) is 4.89. The molecule has 0 radical (unpaired) electrons. The lowest BCUT2D eigenvalue weighted by molar-refractivity contribution is 0.0684. The van der Waals surface area contributed by atoms with Crippen LogP contribution in [0.4, 0.5) is 4.39 Å². The van der Waals surface area contributed by atoms with Crippen LogP contribution in [-0.2, 0) is 20.6 Å². The van der Waals surface area contributed by atoms with Gasteiger partial charge in [0.15, 0.2) is 0 Å². The molecule has 3 aromatic rings. The van der Waals surface area contributed by atoms with E-state index in [2.05, 4.69) is 10.1 Å². The van der Waals surface area contributed by atoms with E-state index in [1.54, 1.807) is 58.2 Å². The Morgan fingerprint density at radius 1 is 1.27 bits per heavy atom. The van der Waals surface area contributed by atoms with Crippen LogP contribution < -0.4 is 0 Å². The lowest BCUT2D eigenvalue weighted by Crippen LogP contribution is -2.36. The van der Waals surface area contributed by atoms with Crippen LogP contribution in [0.25, 0.3) is 11.1 Å². The van der Waals surface area contributed by atoms with Crippen molar-refractivity contribution in [3.8, 4) is 11.1 Å². The second-order valence-corrected chi connectivity index (χ2v) is 6.67. The maximum absolute atomic E-state index is 14.3. The smallest absolute Gasteiger partial charge is 0.274 e. The zero-order valence-corrected chi connectivity index (χ0v) is 15.3. The van der Waals surface area contributed by atoms with Gasteiger partial charge >= 0.3 is 0 Å². The van der Waals surface area contributed by atoms with Crippen LogP contribution in [0.15, 0.2) is 43.1 Å². The zero-order valence-electron chi connectivity index (χ0n) is 15.3. The SMILES string of the molecule is CC(C)N(Cc1ccc(F)c(-c2cnn(C)c2)c1)C(=O)c1cn(C)cn1.